The summed E-state index contributed by atoms with van der Waals surface area (Å²) in [4.78, 5) is 12.0. The van der Waals surface area contributed by atoms with E-state index in [1.165, 1.54) is 0 Å². The van der Waals surface area contributed by atoms with Crippen LogP contribution in [0.25, 0.3) is 0 Å². The Labute approximate surface area is 108 Å². The predicted molar refractivity (Wildman–Crippen MR) is 72.4 cm³/mol. The number of aliphatic hydroxyl groups excluding tert-OH is 1. The highest BCUT2D eigenvalue weighted by atomic mass is 16.2. The first-order valence-corrected chi connectivity index (χ1v) is 6.17. The van der Waals surface area contributed by atoms with Gasteiger partial charge in [-0.1, -0.05) is 31.3 Å². The molecule has 0 aliphatic heterocycles. The first kappa shape index (κ1) is 14.3. The third-order valence-electron chi connectivity index (χ3n) is 2.61. The van der Waals surface area contributed by atoms with Gasteiger partial charge in [-0.2, -0.15) is 0 Å². The van der Waals surface area contributed by atoms with Crippen LogP contribution in [0.4, 0.5) is 0 Å². The standard InChI is InChI=1S/C15H19NO2/c1-3-4-9-16-15(18)14-11-13(6-5-10-17)8-7-12(14)2/h7-8,11,17H,3-4,9-10H2,1-2H3,(H,16,18). The van der Waals surface area contributed by atoms with Gasteiger partial charge in [0.15, 0.2) is 0 Å². The van der Waals surface area contributed by atoms with E-state index in [1.807, 2.05) is 19.1 Å². The highest BCUT2D eigenvalue weighted by Gasteiger charge is 2.08. The molecule has 0 spiro atoms. The van der Waals surface area contributed by atoms with Crippen LogP contribution in [0.1, 0.15) is 41.3 Å². The molecule has 1 aromatic rings. The molecule has 96 valence electrons. The summed E-state index contributed by atoms with van der Waals surface area (Å²) in [6, 6.07) is 5.48. The molecule has 0 atom stereocenters. The maximum Gasteiger partial charge on any atom is 0.251 e. The van der Waals surface area contributed by atoms with E-state index in [0.29, 0.717) is 12.1 Å². The summed E-state index contributed by atoms with van der Waals surface area (Å²) < 4.78 is 0. The molecule has 1 aromatic carbocycles. The molecule has 0 heterocycles. The second-order valence-electron chi connectivity index (χ2n) is 4.10. The summed E-state index contributed by atoms with van der Waals surface area (Å²) in [5.41, 5.74) is 2.32. The third kappa shape index (κ3) is 4.23. The van der Waals surface area contributed by atoms with Crippen LogP contribution in [-0.4, -0.2) is 24.2 Å². The summed E-state index contributed by atoms with van der Waals surface area (Å²) in [5, 5.41) is 11.5. The summed E-state index contributed by atoms with van der Waals surface area (Å²) in [6.07, 6.45) is 2.04. The van der Waals surface area contributed by atoms with E-state index in [2.05, 4.69) is 24.1 Å². The Morgan fingerprint density at radius 3 is 2.89 bits per heavy atom. The number of aryl methyl sites for hydroxylation is 1. The first-order valence-electron chi connectivity index (χ1n) is 6.17. The molecule has 0 radical (unpaired) electrons. The van der Waals surface area contributed by atoms with Crippen LogP contribution in [0.15, 0.2) is 18.2 Å². The molecule has 0 fully saturated rings. The quantitative estimate of drug-likeness (QED) is 0.628. The van der Waals surface area contributed by atoms with E-state index in [4.69, 9.17) is 5.11 Å². The van der Waals surface area contributed by atoms with Crippen LogP contribution in [0.3, 0.4) is 0 Å². The van der Waals surface area contributed by atoms with Crippen LogP contribution in [0.5, 0.6) is 0 Å². The zero-order chi connectivity index (χ0) is 13.4. The second-order valence-corrected chi connectivity index (χ2v) is 4.10. The Hall–Kier alpha value is -1.79. The highest BCUT2D eigenvalue weighted by molar-refractivity contribution is 5.95. The Morgan fingerprint density at radius 2 is 2.22 bits per heavy atom. The molecule has 0 aromatic heterocycles. The minimum atomic E-state index is -0.175. The summed E-state index contributed by atoms with van der Waals surface area (Å²) >= 11 is 0. The van der Waals surface area contributed by atoms with Gasteiger partial charge in [-0.3, -0.25) is 4.79 Å². The van der Waals surface area contributed by atoms with Crippen LogP contribution in [0.2, 0.25) is 0 Å². The fraction of sp³-hybridized carbons (Fsp3) is 0.400. The molecule has 1 rings (SSSR count). The number of hydrogen-bond acceptors (Lipinski definition) is 2. The third-order valence-corrected chi connectivity index (χ3v) is 2.61. The van der Waals surface area contributed by atoms with E-state index in [0.717, 1.165) is 24.0 Å². The molecule has 0 unspecified atom stereocenters. The number of carbonyl (C=O) groups excluding carboxylic acids is 1. The lowest BCUT2D eigenvalue weighted by Gasteiger charge is -2.07. The maximum absolute atomic E-state index is 12.0. The van der Waals surface area contributed by atoms with Crippen molar-refractivity contribution >= 4 is 5.91 Å². The van der Waals surface area contributed by atoms with Gasteiger partial charge in [0.25, 0.3) is 5.91 Å². The zero-order valence-electron chi connectivity index (χ0n) is 10.9. The van der Waals surface area contributed by atoms with Crippen molar-refractivity contribution in [3.05, 3.63) is 34.9 Å². The summed E-state index contributed by atoms with van der Waals surface area (Å²) in [6.45, 7) is 4.51. The fourth-order valence-corrected chi connectivity index (χ4v) is 1.56. The van der Waals surface area contributed by atoms with Crippen molar-refractivity contribution < 1.29 is 9.90 Å². The smallest absolute Gasteiger partial charge is 0.251 e. The minimum absolute atomic E-state index is 0.0615. The van der Waals surface area contributed by atoms with Crippen LogP contribution in [0, 0.1) is 18.8 Å². The van der Waals surface area contributed by atoms with Crippen molar-refractivity contribution in [2.45, 2.75) is 26.7 Å². The Kier molecular flexibility index (Phi) is 5.96. The lowest BCUT2D eigenvalue weighted by molar-refractivity contribution is 0.0952. The molecule has 0 aliphatic carbocycles. The predicted octanol–water partition coefficient (Wildman–Crippen LogP) is 1.87. The lowest BCUT2D eigenvalue weighted by Crippen LogP contribution is -2.25. The van der Waals surface area contributed by atoms with E-state index < -0.39 is 0 Å². The Bertz CT molecular complexity index is 469. The molecule has 0 aliphatic rings. The number of rotatable bonds is 4. The topological polar surface area (TPSA) is 49.3 Å². The van der Waals surface area contributed by atoms with Gasteiger partial charge in [-0.05, 0) is 31.0 Å². The van der Waals surface area contributed by atoms with Gasteiger partial charge in [-0.15, -0.1) is 0 Å². The number of aliphatic hydroxyl groups is 1. The zero-order valence-corrected chi connectivity index (χ0v) is 10.9. The molecule has 0 saturated carbocycles. The van der Waals surface area contributed by atoms with Crippen molar-refractivity contribution in [2.24, 2.45) is 0 Å². The van der Waals surface area contributed by atoms with Gasteiger partial charge in [0.05, 0.1) is 0 Å². The number of unbranched alkanes of at least 4 members (excludes halogenated alkanes) is 1. The molecular weight excluding hydrogens is 226 g/mol. The van der Waals surface area contributed by atoms with Gasteiger partial charge >= 0.3 is 0 Å². The SMILES string of the molecule is CCCCNC(=O)c1cc(C#CCO)ccc1C. The lowest BCUT2D eigenvalue weighted by atomic mass is 10.0. The van der Waals surface area contributed by atoms with Gasteiger partial charge < -0.3 is 10.4 Å². The average molecular weight is 245 g/mol. The number of benzene rings is 1. The number of hydrogen-bond donors (Lipinski definition) is 2. The molecule has 3 nitrogen and oxygen atoms in total. The van der Waals surface area contributed by atoms with Gasteiger partial charge in [0.2, 0.25) is 0 Å². The van der Waals surface area contributed by atoms with Gasteiger partial charge in [-0.25, -0.2) is 0 Å². The van der Waals surface area contributed by atoms with Gasteiger partial charge in [0.1, 0.15) is 6.61 Å². The van der Waals surface area contributed by atoms with E-state index in [1.54, 1.807) is 6.07 Å². The van der Waals surface area contributed by atoms with Gasteiger partial charge in [0, 0.05) is 17.7 Å². The largest absolute Gasteiger partial charge is 0.384 e. The van der Waals surface area contributed by atoms with Crippen molar-refractivity contribution in [3.8, 4) is 11.8 Å². The second kappa shape index (κ2) is 7.52. The van der Waals surface area contributed by atoms with Crippen molar-refractivity contribution in [3.63, 3.8) is 0 Å². The highest BCUT2D eigenvalue weighted by Crippen LogP contribution is 2.10. The Morgan fingerprint density at radius 1 is 1.44 bits per heavy atom. The molecular formula is C15H19NO2. The maximum atomic E-state index is 12.0. The van der Waals surface area contributed by atoms with E-state index in [-0.39, 0.29) is 12.5 Å². The first-order chi connectivity index (χ1) is 8.69. The van der Waals surface area contributed by atoms with Crippen molar-refractivity contribution in [1.82, 2.24) is 5.32 Å². The van der Waals surface area contributed by atoms with Crippen LogP contribution < -0.4 is 5.32 Å². The van der Waals surface area contributed by atoms with Crippen molar-refractivity contribution in [2.75, 3.05) is 13.2 Å². The average Bonchev–Trinajstić information content (AvgIpc) is 2.38. The minimum Gasteiger partial charge on any atom is -0.384 e. The molecule has 18 heavy (non-hydrogen) atoms. The number of nitrogens with one attached hydrogen (secondary N) is 1. The Balaban J connectivity index is 2.83. The molecule has 2 N–H and O–H groups in total. The van der Waals surface area contributed by atoms with Crippen molar-refractivity contribution in [1.29, 1.82) is 0 Å². The van der Waals surface area contributed by atoms with E-state index in [9.17, 15) is 4.79 Å². The fourth-order valence-electron chi connectivity index (χ4n) is 1.56. The molecule has 0 saturated heterocycles. The van der Waals surface area contributed by atoms with Crippen LogP contribution >= 0.6 is 0 Å². The van der Waals surface area contributed by atoms with E-state index >= 15 is 0 Å². The monoisotopic (exact) mass is 245 g/mol. The number of amides is 1. The molecule has 0 bridgehead atoms. The number of carbonyl (C=O) groups is 1. The molecule has 1 amide bonds. The molecule has 3 heteroatoms. The summed E-state index contributed by atoms with van der Waals surface area (Å²) in [5.74, 6) is 5.32. The summed E-state index contributed by atoms with van der Waals surface area (Å²) in [7, 11) is 0. The normalized spacial score (nSPS) is 9.50. The van der Waals surface area contributed by atoms with Crippen LogP contribution in [-0.2, 0) is 0 Å².